The third-order valence-electron chi connectivity index (χ3n) is 5.64. The van der Waals surface area contributed by atoms with E-state index in [0.29, 0.717) is 0 Å². The summed E-state index contributed by atoms with van der Waals surface area (Å²) in [4.78, 5) is 25.8. The molecule has 3 rings (SSSR count). The Labute approximate surface area is 181 Å². The van der Waals surface area contributed by atoms with Crippen LogP contribution in [0.3, 0.4) is 0 Å². The molecule has 2 aromatic carbocycles. The number of cyclic esters (lactones) is 2. The molecule has 0 radical (unpaired) electrons. The smallest absolute Gasteiger partial charge is 0.339 e. The van der Waals surface area contributed by atoms with Crippen molar-refractivity contribution in [2.24, 2.45) is 0 Å². The molecule has 1 atom stereocenters. The van der Waals surface area contributed by atoms with Crippen molar-refractivity contribution < 1.29 is 54.8 Å². The van der Waals surface area contributed by atoms with Crippen molar-refractivity contribution in [1.82, 2.24) is 0 Å². The number of phenols is 6. The highest BCUT2D eigenvalue weighted by molar-refractivity contribution is 6.08. The van der Waals surface area contributed by atoms with Crippen molar-refractivity contribution in [1.29, 1.82) is 0 Å². The maximum absolute atomic E-state index is 13.0. The van der Waals surface area contributed by atoms with Crippen LogP contribution in [0.4, 0.5) is 0 Å². The van der Waals surface area contributed by atoms with Crippen molar-refractivity contribution in [3.63, 3.8) is 0 Å². The summed E-state index contributed by atoms with van der Waals surface area (Å²) in [6, 6.07) is 1.45. The molecule has 32 heavy (non-hydrogen) atoms. The first kappa shape index (κ1) is 22.8. The van der Waals surface area contributed by atoms with Crippen LogP contribution in [0.15, 0.2) is 12.1 Å². The fourth-order valence-electron chi connectivity index (χ4n) is 3.54. The van der Waals surface area contributed by atoms with Gasteiger partial charge in [-0.25, -0.2) is 9.59 Å². The Bertz CT molecular complexity index is 1100. The number of rotatable bonds is 3. The zero-order chi connectivity index (χ0) is 24.0. The Morgan fingerprint density at radius 1 is 0.812 bits per heavy atom. The number of aromatic hydroxyl groups is 6. The molecular formula is C21H22O11. The molecule has 0 unspecified atom stereocenters. The van der Waals surface area contributed by atoms with Gasteiger partial charge in [0.2, 0.25) is 11.5 Å². The van der Waals surface area contributed by atoms with Crippen LogP contribution >= 0.6 is 0 Å². The van der Waals surface area contributed by atoms with E-state index in [1.807, 2.05) is 0 Å². The predicted octanol–water partition coefficient (Wildman–Crippen LogP) is 1.83. The lowest BCUT2D eigenvalue weighted by atomic mass is 9.89. The second-order valence-electron chi connectivity index (χ2n) is 7.33. The lowest BCUT2D eigenvalue weighted by Crippen LogP contribution is -2.47. The zero-order valence-corrected chi connectivity index (χ0v) is 17.1. The number of hydrogen-bond donors (Lipinski definition) is 7. The number of benzene rings is 2. The molecule has 1 aliphatic rings. The van der Waals surface area contributed by atoms with Crippen molar-refractivity contribution in [2.45, 2.75) is 38.4 Å². The molecule has 0 spiro atoms. The maximum Gasteiger partial charge on any atom is 0.339 e. The van der Waals surface area contributed by atoms with Gasteiger partial charge in [-0.15, -0.1) is 0 Å². The molecular weight excluding hydrogens is 428 g/mol. The van der Waals surface area contributed by atoms with Crippen molar-refractivity contribution in [3.8, 4) is 45.6 Å². The molecule has 11 nitrogen and oxygen atoms in total. The van der Waals surface area contributed by atoms with Crippen molar-refractivity contribution in [2.75, 3.05) is 6.61 Å². The Balaban J connectivity index is 2.39. The SMILES string of the molecule is CCC(O)(CC)[C@@H]1COC(=O)c2cc(O)c(O)c(O)c2-c2c(cc(O)c(O)c2O)C(=O)O1. The number of ether oxygens (including phenoxy) is 2. The van der Waals surface area contributed by atoms with Gasteiger partial charge in [-0.2, -0.15) is 0 Å². The largest absolute Gasteiger partial charge is 0.504 e. The number of carbonyl (C=O) groups is 2. The van der Waals surface area contributed by atoms with E-state index >= 15 is 0 Å². The van der Waals surface area contributed by atoms with E-state index in [9.17, 15) is 45.3 Å². The normalized spacial score (nSPS) is 16.5. The van der Waals surface area contributed by atoms with Crippen molar-refractivity contribution in [3.05, 3.63) is 23.3 Å². The Morgan fingerprint density at radius 2 is 1.25 bits per heavy atom. The topological polar surface area (TPSA) is 194 Å². The van der Waals surface area contributed by atoms with Crippen LogP contribution in [0.5, 0.6) is 34.5 Å². The van der Waals surface area contributed by atoms with E-state index in [2.05, 4.69) is 0 Å². The molecule has 0 aromatic heterocycles. The van der Waals surface area contributed by atoms with Crippen LogP contribution in [0.2, 0.25) is 0 Å². The summed E-state index contributed by atoms with van der Waals surface area (Å²) in [6.07, 6.45) is -1.13. The fraction of sp³-hybridized carbons (Fsp3) is 0.333. The standard InChI is InChI=1S/C21H22O11/c1-3-21(30,4-2)12-7-31-19(28)8-5-10(22)15(24)17(26)13(8)14-9(20(29)32-12)6-11(23)16(25)18(14)27/h5-6,12,22-27,30H,3-4,7H2,1-2H3/t12-/m0/s1. The highest BCUT2D eigenvalue weighted by Gasteiger charge is 2.41. The number of carbonyl (C=O) groups excluding carboxylic acids is 2. The molecule has 0 saturated heterocycles. The molecule has 172 valence electrons. The average Bonchev–Trinajstić information content (AvgIpc) is 2.77. The Kier molecular flexibility index (Phi) is 5.71. The van der Waals surface area contributed by atoms with Gasteiger partial charge in [-0.1, -0.05) is 13.8 Å². The van der Waals surface area contributed by atoms with Crippen LogP contribution in [0, 0.1) is 0 Å². The first-order valence-corrected chi connectivity index (χ1v) is 9.63. The van der Waals surface area contributed by atoms with E-state index in [4.69, 9.17) is 9.47 Å². The van der Waals surface area contributed by atoms with Crippen LogP contribution in [-0.2, 0) is 9.47 Å². The molecule has 1 aliphatic heterocycles. The van der Waals surface area contributed by atoms with E-state index in [1.165, 1.54) is 0 Å². The van der Waals surface area contributed by atoms with Crippen LogP contribution in [-0.4, -0.2) is 66.0 Å². The second-order valence-corrected chi connectivity index (χ2v) is 7.33. The van der Waals surface area contributed by atoms with E-state index < -0.39 is 87.0 Å². The molecule has 1 heterocycles. The minimum Gasteiger partial charge on any atom is -0.504 e. The van der Waals surface area contributed by atoms with Gasteiger partial charge in [0.1, 0.15) is 12.2 Å². The van der Waals surface area contributed by atoms with Gasteiger partial charge in [-0.3, -0.25) is 0 Å². The van der Waals surface area contributed by atoms with Crippen LogP contribution in [0.1, 0.15) is 47.4 Å². The second kappa shape index (κ2) is 8.00. The minimum absolute atomic E-state index is 0.115. The summed E-state index contributed by atoms with van der Waals surface area (Å²) in [5.41, 5.74) is -4.12. The van der Waals surface area contributed by atoms with Gasteiger partial charge in [-0.05, 0) is 25.0 Å². The lowest BCUT2D eigenvalue weighted by molar-refractivity contribution is -0.109. The molecule has 0 bridgehead atoms. The summed E-state index contributed by atoms with van der Waals surface area (Å²) in [5, 5.41) is 71.5. The highest BCUT2D eigenvalue weighted by atomic mass is 16.6. The minimum atomic E-state index is -1.60. The number of esters is 2. The van der Waals surface area contributed by atoms with Gasteiger partial charge in [0, 0.05) is 11.1 Å². The molecule has 0 aliphatic carbocycles. The lowest BCUT2D eigenvalue weighted by Gasteiger charge is -2.34. The molecule has 0 amide bonds. The van der Waals surface area contributed by atoms with Gasteiger partial charge in [0.25, 0.3) is 0 Å². The summed E-state index contributed by atoms with van der Waals surface area (Å²) in [6.45, 7) is 2.64. The number of aliphatic hydroxyl groups is 1. The summed E-state index contributed by atoms with van der Waals surface area (Å²) >= 11 is 0. The summed E-state index contributed by atoms with van der Waals surface area (Å²) in [7, 11) is 0. The molecule has 2 aromatic rings. The van der Waals surface area contributed by atoms with Gasteiger partial charge in [0.05, 0.1) is 11.1 Å². The average molecular weight is 450 g/mol. The highest BCUT2D eigenvalue weighted by Crippen LogP contribution is 2.52. The Morgan fingerprint density at radius 3 is 1.69 bits per heavy atom. The predicted molar refractivity (Wildman–Crippen MR) is 107 cm³/mol. The van der Waals surface area contributed by atoms with Gasteiger partial charge < -0.3 is 45.2 Å². The van der Waals surface area contributed by atoms with Gasteiger partial charge in [0.15, 0.2) is 29.1 Å². The molecule has 0 fully saturated rings. The number of fused-ring (bicyclic) bond motifs is 3. The van der Waals surface area contributed by atoms with Gasteiger partial charge >= 0.3 is 11.9 Å². The first-order valence-electron chi connectivity index (χ1n) is 9.63. The molecule has 0 saturated carbocycles. The van der Waals surface area contributed by atoms with Crippen molar-refractivity contribution >= 4 is 11.9 Å². The summed E-state index contributed by atoms with van der Waals surface area (Å²) in [5.74, 6) is -8.59. The summed E-state index contributed by atoms with van der Waals surface area (Å²) < 4.78 is 10.5. The third kappa shape index (κ3) is 3.46. The maximum atomic E-state index is 13.0. The molecule has 7 N–H and O–H groups in total. The van der Waals surface area contributed by atoms with E-state index in [1.54, 1.807) is 13.8 Å². The first-order chi connectivity index (χ1) is 15.0. The van der Waals surface area contributed by atoms with E-state index in [0.717, 1.165) is 12.1 Å². The number of phenolic OH excluding ortho intramolecular Hbond substituents is 6. The van der Waals surface area contributed by atoms with Crippen LogP contribution in [0.25, 0.3) is 11.1 Å². The Hall–Kier alpha value is -3.86. The quantitative estimate of drug-likeness (QED) is 0.266. The molecule has 11 heteroatoms. The zero-order valence-electron chi connectivity index (χ0n) is 17.1. The third-order valence-corrected chi connectivity index (χ3v) is 5.64. The monoisotopic (exact) mass is 450 g/mol. The van der Waals surface area contributed by atoms with E-state index in [-0.39, 0.29) is 12.8 Å². The fourth-order valence-corrected chi connectivity index (χ4v) is 3.54. The van der Waals surface area contributed by atoms with Crippen LogP contribution < -0.4 is 0 Å². The number of hydrogen-bond acceptors (Lipinski definition) is 11.